The van der Waals surface area contributed by atoms with Gasteiger partial charge in [0.15, 0.2) is 0 Å². The van der Waals surface area contributed by atoms with E-state index in [-0.39, 0.29) is 0 Å². The second-order valence-corrected chi connectivity index (χ2v) is 4.98. The van der Waals surface area contributed by atoms with Crippen LogP contribution < -0.4 is 5.32 Å². The Kier molecular flexibility index (Phi) is 6.82. The molecule has 0 bridgehead atoms. The SMILES string of the molecule is CCNCCCCc1c(Br)c(CC)nn1CC. The summed E-state index contributed by atoms with van der Waals surface area (Å²) in [5.41, 5.74) is 2.55. The predicted molar refractivity (Wildman–Crippen MR) is 76.5 cm³/mol. The van der Waals surface area contributed by atoms with Crippen LogP contribution in [-0.2, 0) is 19.4 Å². The molecule has 0 aliphatic heterocycles. The predicted octanol–water partition coefficient (Wildman–Crippen LogP) is 3.16. The highest BCUT2D eigenvalue weighted by atomic mass is 79.9. The molecule has 0 spiro atoms. The van der Waals surface area contributed by atoms with Gasteiger partial charge >= 0.3 is 0 Å². The van der Waals surface area contributed by atoms with E-state index in [0.717, 1.165) is 32.5 Å². The van der Waals surface area contributed by atoms with Crippen molar-refractivity contribution < 1.29 is 0 Å². The Hall–Kier alpha value is -0.350. The Labute approximate surface area is 113 Å². The van der Waals surface area contributed by atoms with Gasteiger partial charge in [0.05, 0.1) is 15.9 Å². The van der Waals surface area contributed by atoms with E-state index in [1.165, 1.54) is 28.7 Å². The van der Waals surface area contributed by atoms with Gasteiger partial charge in [-0.1, -0.05) is 13.8 Å². The highest BCUT2D eigenvalue weighted by molar-refractivity contribution is 9.10. The molecule has 1 aromatic heterocycles. The maximum atomic E-state index is 4.62. The molecule has 0 aromatic carbocycles. The first-order chi connectivity index (χ1) is 8.24. The molecule has 0 amide bonds. The molecule has 1 heterocycles. The second kappa shape index (κ2) is 7.88. The van der Waals surface area contributed by atoms with Crippen molar-refractivity contribution in [1.29, 1.82) is 0 Å². The van der Waals surface area contributed by atoms with Gasteiger partial charge in [0, 0.05) is 6.54 Å². The molecule has 0 unspecified atom stereocenters. The molecule has 0 saturated heterocycles. The third-order valence-corrected chi connectivity index (χ3v) is 3.88. The molecule has 4 heteroatoms. The van der Waals surface area contributed by atoms with Gasteiger partial charge in [-0.05, 0) is 61.6 Å². The molecule has 17 heavy (non-hydrogen) atoms. The van der Waals surface area contributed by atoms with Crippen molar-refractivity contribution in [2.75, 3.05) is 13.1 Å². The summed E-state index contributed by atoms with van der Waals surface area (Å²) < 4.78 is 3.36. The molecule has 0 aliphatic rings. The molecule has 1 N–H and O–H groups in total. The van der Waals surface area contributed by atoms with E-state index < -0.39 is 0 Å². The van der Waals surface area contributed by atoms with Crippen LogP contribution in [0.2, 0.25) is 0 Å². The number of rotatable bonds is 8. The number of unbranched alkanes of at least 4 members (excludes halogenated alkanes) is 1. The molecule has 98 valence electrons. The first-order valence-electron chi connectivity index (χ1n) is 6.69. The minimum absolute atomic E-state index is 0.959. The molecule has 0 saturated carbocycles. The van der Waals surface area contributed by atoms with Crippen molar-refractivity contribution in [1.82, 2.24) is 15.1 Å². The Morgan fingerprint density at radius 1 is 1.24 bits per heavy atom. The topological polar surface area (TPSA) is 29.9 Å². The molecule has 3 nitrogen and oxygen atoms in total. The minimum Gasteiger partial charge on any atom is -0.317 e. The van der Waals surface area contributed by atoms with Gasteiger partial charge in [-0.25, -0.2) is 0 Å². The molecule has 0 atom stereocenters. The lowest BCUT2D eigenvalue weighted by Gasteiger charge is -2.05. The molecular formula is C13H24BrN3. The largest absolute Gasteiger partial charge is 0.317 e. The zero-order valence-corrected chi connectivity index (χ0v) is 12.8. The lowest BCUT2D eigenvalue weighted by atomic mass is 10.1. The van der Waals surface area contributed by atoms with E-state index in [9.17, 15) is 0 Å². The van der Waals surface area contributed by atoms with Crippen LogP contribution >= 0.6 is 15.9 Å². The summed E-state index contributed by atoms with van der Waals surface area (Å²) in [4.78, 5) is 0. The summed E-state index contributed by atoms with van der Waals surface area (Å²) in [5, 5.41) is 7.98. The molecule has 1 rings (SSSR count). The number of aryl methyl sites for hydroxylation is 2. The lowest BCUT2D eigenvalue weighted by Crippen LogP contribution is -2.14. The minimum atomic E-state index is 0.959. The van der Waals surface area contributed by atoms with Gasteiger partial charge < -0.3 is 5.32 Å². The van der Waals surface area contributed by atoms with Crippen molar-refractivity contribution in [2.24, 2.45) is 0 Å². The van der Waals surface area contributed by atoms with Crippen LogP contribution in [0.5, 0.6) is 0 Å². The summed E-state index contributed by atoms with van der Waals surface area (Å²) in [6, 6.07) is 0. The number of hydrogen-bond acceptors (Lipinski definition) is 2. The first-order valence-corrected chi connectivity index (χ1v) is 7.48. The van der Waals surface area contributed by atoms with Crippen LogP contribution in [0, 0.1) is 0 Å². The van der Waals surface area contributed by atoms with Crippen LogP contribution in [-0.4, -0.2) is 22.9 Å². The van der Waals surface area contributed by atoms with Gasteiger partial charge in [0.1, 0.15) is 0 Å². The Morgan fingerprint density at radius 3 is 2.59 bits per heavy atom. The number of nitrogens with one attached hydrogen (secondary N) is 1. The van der Waals surface area contributed by atoms with E-state index in [1.54, 1.807) is 0 Å². The number of aromatic nitrogens is 2. The van der Waals surface area contributed by atoms with E-state index >= 15 is 0 Å². The average Bonchev–Trinajstić information content (AvgIpc) is 2.65. The van der Waals surface area contributed by atoms with E-state index in [0.29, 0.717) is 0 Å². The van der Waals surface area contributed by atoms with Crippen molar-refractivity contribution in [3.05, 3.63) is 15.9 Å². The summed E-state index contributed by atoms with van der Waals surface area (Å²) >= 11 is 3.69. The van der Waals surface area contributed by atoms with Crippen molar-refractivity contribution >= 4 is 15.9 Å². The van der Waals surface area contributed by atoms with Crippen LogP contribution in [0.4, 0.5) is 0 Å². The summed E-state index contributed by atoms with van der Waals surface area (Å²) in [6.07, 6.45) is 4.57. The highest BCUT2D eigenvalue weighted by Crippen LogP contribution is 2.23. The summed E-state index contributed by atoms with van der Waals surface area (Å²) in [5.74, 6) is 0. The molecule has 0 fully saturated rings. The van der Waals surface area contributed by atoms with Crippen LogP contribution in [0.25, 0.3) is 0 Å². The first kappa shape index (κ1) is 14.7. The quantitative estimate of drug-likeness (QED) is 0.748. The monoisotopic (exact) mass is 301 g/mol. The normalized spacial score (nSPS) is 11.1. The number of halogens is 1. The maximum Gasteiger partial charge on any atom is 0.0766 e. The van der Waals surface area contributed by atoms with Gasteiger partial charge in [0.25, 0.3) is 0 Å². The van der Waals surface area contributed by atoms with Crippen LogP contribution in [0.3, 0.4) is 0 Å². The lowest BCUT2D eigenvalue weighted by molar-refractivity contribution is 0.583. The molecule has 0 radical (unpaired) electrons. The van der Waals surface area contributed by atoms with E-state index in [1.807, 2.05) is 0 Å². The number of nitrogens with zero attached hydrogens (tertiary/aromatic N) is 2. The summed E-state index contributed by atoms with van der Waals surface area (Å²) in [7, 11) is 0. The fourth-order valence-electron chi connectivity index (χ4n) is 1.98. The van der Waals surface area contributed by atoms with Gasteiger partial charge in [-0.3, -0.25) is 4.68 Å². The third kappa shape index (κ3) is 4.11. The summed E-state index contributed by atoms with van der Waals surface area (Å²) in [6.45, 7) is 9.60. The van der Waals surface area contributed by atoms with Crippen molar-refractivity contribution in [3.63, 3.8) is 0 Å². The average molecular weight is 302 g/mol. The van der Waals surface area contributed by atoms with Gasteiger partial charge in [-0.2, -0.15) is 5.10 Å². The number of hydrogen-bond donors (Lipinski definition) is 1. The van der Waals surface area contributed by atoms with Gasteiger partial charge in [0.2, 0.25) is 0 Å². The zero-order chi connectivity index (χ0) is 12.7. The zero-order valence-electron chi connectivity index (χ0n) is 11.2. The smallest absolute Gasteiger partial charge is 0.0766 e. The molecular weight excluding hydrogens is 278 g/mol. The van der Waals surface area contributed by atoms with Crippen molar-refractivity contribution in [3.8, 4) is 0 Å². The Balaban J connectivity index is 2.54. The standard InChI is InChI=1S/C13H24BrN3/c1-4-11-13(14)12(17(6-3)16-11)9-7-8-10-15-5-2/h15H,4-10H2,1-3H3. The van der Waals surface area contributed by atoms with E-state index in [4.69, 9.17) is 0 Å². The highest BCUT2D eigenvalue weighted by Gasteiger charge is 2.12. The molecule has 0 aliphatic carbocycles. The van der Waals surface area contributed by atoms with E-state index in [2.05, 4.69) is 51.8 Å². The second-order valence-electron chi connectivity index (χ2n) is 4.19. The fourth-order valence-corrected chi connectivity index (χ4v) is 2.74. The Bertz CT molecular complexity index is 334. The van der Waals surface area contributed by atoms with Crippen LogP contribution in [0.1, 0.15) is 45.0 Å². The van der Waals surface area contributed by atoms with Crippen LogP contribution in [0.15, 0.2) is 4.47 Å². The van der Waals surface area contributed by atoms with Crippen molar-refractivity contribution in [2.45, 2.75) is 53.0 Å². The van der Waals surface area contributed by atoms with Gasteiger partial charge in [-0.15, -0.1) is 0 Å². The fraction of sp³-hybridized carbons (Fsp3) is 0.769. The maximum absolute atomic E-state index is 4.62. The molecule has 1 aromatic rings. The third-order valence-electron chi connectivity index (χ3n) is 2.96. The Morgan fingerprint density at radius 2 is 2.00 bits per heavy atom.